The SMILES string of the molecule is CCC(C)NC(=O)C1CCN(C(=O)C2CCCO2)CC1. The van der Waals surface area contributed by atoms with Crippen LogP contribution in [-0.2, 0) is 14.3 Å². The molecule has 2 aliphatic rings. The molecule has 0 aliphatic carbocycles. The summed E-state index contributed by atoms with van der Waals surface area (Å²) in [4.78, 5) is 26.1. The highest BCUT2D eigenvalue weighted by atomic mass is 16.5. The first-order valence-electron chi connectivity index (χ1n) is 7.82. The van der Waals surface area contributed by atoms with Crippen molar-refractivity contribution in [3.63, 3.8) is 0 Å². The number of hydrogen-bond donors (Lipinski definition) is 1. The van der Waals surface area contributed by atoms with Crippen molar-refractivity contribution in [1.82, 2.24) is 10.2 Å². The number of ether oxygens (including phenoxy) is 1. The molecule has 20 heavy (non-hydrogen) atoms. The summed E-state index contributed by atoms with van der Waals surface area (Å²) >= 11 is 0. The van der Waals surface area contributed by atoms with Crippen LogP contribution in [0.4, 0.5) is 0 Å². The van der Waals surface area contributed by atoms with Crippen molar-refractivity contribution in [3.8, 4) is 0 Å². The minimum Gasteiger partial charge on any atom is -0.368 e. The molecule has 0 saturated carbocycles. The Bertz CT molecular complexity index is 345. The van der Waals surface area contributed by atoms with Crippen LogP contribution in [0.2, 0.25) is 0 Å². The normalized spacial score (nSPS) is 25.5. The second-order valence-corrected chi connectivity index (χ2v) is 5.92. The first-order chi connectivity index (χ1) is 9.61. The van der Waals surface area contributed by atoms with Crippen molar-refractivity contribution >= 4 is 11.8 Å². The Morgan fingerprint density at radius 2 is 2.00 bits per heavy atom. The minimum absolute atomic E-state index is 0.0533. The molecule has 2 rings (SSSR count). The summed E-state index contributed by atoms with van der Waals surface area (Å²) in [6, 6.07) is 0.231. The van der Waals surface area contributed by atoms with Gasteiger partial charge in [0.15, 0.2) is 0 Å². The van der Waals surface area contributed by atoms with Gasteiger partial charge in [-0.1, -0.05) is 6.92 Å². The van der Waals surface area contributed by atoms with Gasteiger partial charge in [-0.15, -0.1) is 0 Å². The number of amides is 2. The molecule has 0 aromatic rings. The quantitative estimate of drug-likeness (QED) is 0.846. The molecule has 2 atom stereocenters. The van der Waals surface area contributed by atoms with Gasteiger partial charge < -0.3 is 15.0 Å². The van der Waals surface area contributed by atoms with E-state index in [-0.39, 0.29) is 29.9 Å². The van der Waals surface area contributed by atoms with E-state index in [1.165, 1.54) is 0 Å². The Kier molecular flexibility index (Phi) is 5.40. The van der Waals surface area contributed by atoms with Gasteiger partial charge >= 0.3 is 0 Å². The zero-order valence-corrected chi connectivity index (χ0v) is 12.6. The third kappa shape index (κ3) is 3.72. The van der Waals surface area contributed by atoms with Gasteiger partial charge in [-0.05, 0) is 39.0 Å². The molecule has 0 aromatic heterocycles. The molecule has 0 aromatic carbocycles. The Labute approximate surface area is 121 Å². The fourth-order valence-corrected chi connectivity index (χ4v) is 2.80. The molecule has 5 nitrogen and oxygen atoms in total. The van der Waals surface area contributed by atoms with E-state index in [4.69, 9.17) is 4.74 Å². The van der Waals surface area contributed by atoms with Crippen molar-refractivity contribution < 1.29 is 14.3 Å². The van der Waals surface area contributed by atoms with E-state index in [0.29, 0.717) is 19.7 Å². The lowest BCUT2D eigenvalue weighted by Gasteiger charge is -2.33. The summed E-state index contributed by atoms with van der Waals surface area (Å²) < 4.78 is 5.44. The number of likely N-dealkylation sites (tertiary alicyclic amines) is 1. The van der Waals surface area contributed by atoms with Gasteiger partial charge in [0.1, 0.15) is 6.10 Å². The number of hydrogen-bond acceptors (Lipinski definition) is 3. The molecule has 0 spiro atoms. The number of nitrogens with zero attached hydrogens (tertiary/aromatic N) is 1. The minimum atomic E-state index is -0.236. The topological polar surface area (TPSA) is 58.6 Å². The van der Waals surface area contributed by atoms with Crippen LogP contribution in [0.25, 0.3) is 0 Å². The van der Waals surface area contributed by atoms with Gasteiger partial charge in [0.2, 0.25) is 5.91 Å². The fraction of sp³-hybridized carbons (Fsp3) is 0.867. The molecule has 2 unspecified atom stereocenters. The van der Waals surface area contributed by atoms with E-state index in [0.717, 1.165) is 32.1 Å². The highest BCUT2D eigenvalue weighted by Crippen LogP contribution is 2.21. The van der Waals surface area contributed by atoms with Crippen LogP contribution >= 0.6 is 0 Å². The summed E-state index contributed by atoms with van der Waals surface area (Å²) in [7, 11) is 0. The zero-order chi connectivity index (χ0) is 14.5. The van der Waals surface area contributed by atoms with Gasteiger partial charge in [0.05, 0.1) is 0 Å². The highest BCUT2D eigenvalue weighted by molar-refractivity contribution is 5.82. The molecule has 1 N–H and O–H groups in total. The molecule has 2 heterocycles. The van der Waals surface area contributed by atoms with Gasteiger partial charge in [-0.25, -0.2) is 0 Å². The number of carbonyl (C=O) groups is 2. The Hall–Kier alpha value is -1.10. The predicted octanol–water partition coefficient (Wildman–Crippen LogP) is 1.32. The van der Waals surface area contributed by atoms with Gasteiger partial charge in [-0.3, -0.25) is 9.59 Å². The molecule has 0 radical (unpaired) electrons. The maximum Gasteiger partial charge on any atom is 0.251 e. The number of nitrogens with one attached hydrogen (secondary N) is 1. The number of piperidine rings is 1. The Balaban J connectivity index is 1.77. The van der Waals surface area contributed by atoms with Crippen LogP contribution < -0.4 is 5.32 Å². The van der Waals surface area contributed by atoms with Crippen LogP contribution in [0.1, 0.15) is 46.0 Å². The largest absolute Gasteiger partial charge is 0.368 e. The first-order valence-corrected chi connectivity index (χ1v) is 7.82. The van der Waals surface area contributed by atoms with E-state index in [1.807, 2.05) is 11.8 Å². The smallest absolute Gasteiger partial charge is 0.251 e. The highest BCUT2D eigenvalue weighted by Gasteiger charge is 2.32. The third-order valence-corrected chi connectivity index (χ3v) is 4.38. The van der Waals surface area contributed by atoms with E-state index < -0.39 is 0 Å². The van der Waals surface area contributed by atoms with Gasteiger partial charge in [-0.2, -0.15) is 0 Å². The summed E-state index contributed by atoms with van der Waals surface area (Å²) in [6.07, 6.45) is 4.06. The third-order valence-electron chi connectivity index (χ3n) is 4.38. The van der Waals surface area contributed by atoms with Crippen molar-refractivity contribution in [2.24, 2.45) is 5.92 Å². The second kappa shape index (κ2) is 7.07. The average Bonchev–Trinajstić information content (AvgIpc) is 3.00. The molecule has 2 aliphatic heterocycles. The molecule has 114 valence electrons. The van der Waals surface area contributed by atoms with Crippen molar-refractivity contribution in [1.29, 1.82) is 0 Å². The molecule has 5 heteroatoms. The first kappa shape index (κ1) is 15.3. The fourth-order valence-electron chi connectivity index (χ4n) is 2.80. The summed E-state index contributed by atoms with van der Waals surface area (Å²) in [6.45, 7) is 6.14. The molecule has 2 saturated heterocycles. The monoisotopic (exact) mass is 282 g/mol. The zero-order valence-electron chi connectivity index (χ0n) is 12.6. The van der Waals surface area contributed by atoms with Crippen molar-refractivity contribution in [2.75, 3.05) is 19.7 Å². The van der Waals surface area contributed by atoms with E-state index in [9.17, 15) is 9.59 Å². The van der Waals surface area contributed by atoms with Crippen LogP contribution in [0, 0.1) is 5.92 Å². The molecule has 2 fully saturated rings. The molecule has 2 amide bonds. The Morgan fingerprint density at radius 1 is 1.30 bits per heavy atom. The Morgan fingerprint density at radius 3 is 2.55 bits per heavy atom. The summed E-state index contributed by atoms with van der Waals surface area (Å²) in [5.74, 6) is 0.310. The lowest BCUT2D eigenvalue weighted by Crippen LogP contribution is -2.47. The van der Waals surface area contributed by atoms with Crippen molar-refractivity contribution in [2.45, 2.75) is 58.1 Å². The summed E-state index contributed by atoms with van der Waals surface area (Å²) in [5.41, 5.74) is 0. The predicted molar refractivity (Wildman–Crippen MR) is 76.2 cm³/mol. The lowest BCUT2D eigenvalue weighted by molar-refractivity contribution is -0.143. The van der Waals surface area contributed by atoms with E-state index >= 15 is 0 Å². The van der Waals surface area contributed by atoms with Crippen LogP contribution in [0.15, 0.2) is 0 Å². The van der Waals surface area contributed by atoms with E-state index in [1.54, 1.807) is 0 Å². The van der Waals surface area contributed by atoms with Crippen LogP contribution in [0.5, 0.6) is 0 Å². The maximum absolute atomic E-state index is 12.2. The van der Waals surface area contributed by atoms with Crippen molar-refractivity contribution in [3.05, 3.63) is 0 Å². The molecular weight excluding hydrogens is 256 g/mol. The molecule has 0 bridgehead atoms. The summed E-state index contributed by atoms with van der Waals surface area (Å²) in [5, 5.41) is 3.03. The van der Waals surface area contributed by atoms with Crippen LogP contribution in [0.3, 0.4) is 0 Å². The number of carbonyl (C=O) groups excluding carboxylic acids is 2. The standard InChI is InChI=1S/C15H26N2O3/c1-3-11(2)16-14(18)12-6-8-17(9-7-12)15(19)13-5-4-10-20-13/h11-13H,3-10H2,1-2H3,(H,16,18). The molecular formula is C15H26N2O3. The average molecular weight is 282 g/mol. The van der Waals surface area contributed by atoms with E-state index in [2.05, 4.69) is 12.2 Å². The second-order valence-electron chi connectivity index (χ2n) is 5.92. The van der Waals surface area contributed by atoms with Crippen LogP contribution in [-0.4, -0.2) is 48.6 Å². The lowest BCUT2D eigenvalue weighted by atomic mass is 9.95. The van der Waals surface area contributed by atoms with Gasteiger partial charge in [0, 0.05) is 31.7 Å². The van der Waals surface area contributed by atoms with Gasteiger partial charge in [0.25, 0.3) is 5.91 Å². The number of rotatable bonds is 4. The maximum atomic E-state index is 12.2.